The van der Waals surface area contributed by atoms with Gasteiger partial charge in [-0.1, -0.05) is 6.07 Å². The van der Waals surface area contributed by atoms with Crippen LogP contribution in [0, 0.1) is 11.6 Å². The number of nitrogens with two attached hydrogens (primary N) is 1. The minimum Gasteiger partial charge on any atom is -0.336 e. The van der Waals surface area contributed by atoms with Crippen LogP contribution >= 0.6 is 0 Å². The maximum atomic E-state index is 13.5. The average molecular weight is 268 g/mol. The summed E-state index contributed by atoms with van der Waals surface area (Å²) in [5.41, 5.74) is 5.75. The number of benzene rings is 1. The first-order valence-corrected chi connectivity index (χ1v) is 6.32. The van der Waals surface area contributed by atoms with E-state index in [1.165, 1.54) is 6.07 Å². The second kappa shape index (κ2) is 4.89. The number of amides is 1. The number of carbonyl (C=O) groups excluding carboxylic acids is 1. The molecule has 0 aliphatic carbocycles. The van der Waals surface area contributed by atoms with Gasteiger partial charge in [-0.25, -0.2) is 8.78 Å². The number of likely N-dealkylation sites (tertiary alicyclic amines) is 1. The topological polar surface area (TPSA) is 46.3 Å². The molecule has 0 bridgehead atoms. The number of halogens is 2. The van der Waals surface area contributed by atoms with Crippen molar-refractivity contribution in [2.45, 2.75) is 38.3 Å². The molecule has 0 radical (unpaired) electrons. The van der Waals surface area contributed by atoms with Crippen LogP contribution in [0.1, 0.15) is 25.8 Å². The number of nitrogens with zero attached hydrogens (tertiary/aromatic N) is 1. The van der Waals surface area contributed by atoms with E-state index in [1.807, 2.05) is 13.8 Å². The van der Waals surface area contributed by atoms with E-state index in [9.17, 15) is 13.6 Å². The first-order valence-electron chi connectivity index (χ1n) is 6.32. The standard InChI is InChI=1S/C14H18F2N2O/c1-14(2)12(17)5-6-18(14)13(19)7-9-3-4-10(15)8-11(9)16/h3-4,8,12H,5-7,17H2,1-2H3. The molecule has 1 saturated heterocycles. The largest absolute Gasteiger partial charge is 0.336 e. The van der Waals surface area contributed by atoms with Crippen LogP contribution in [0.25, 0.3) is 0 Å². The molecule has 1 heterocycles. The number of hydrogen-bond acceptors (Lipinski definition) is 2. The Morgan fingerprint density at radius 2 is 2.16 bits per heavy atom. The van der Waals surface area contributed by atoms with E-state index >= 15 is 0 Å². The molecule has 0 aromatic heterocycles. The molecule has 3 nitrogen and oxygen atoms in total. The maximum absolute atomic E-state index is 13.5. The molecule has 0 spiro atoms. The van der Waals surface area contributed by atoms with Gasteiger partial charge in [-0.2, -0.15) is 0 Å². The summed E-state index contributed by atoms with van der Waals surface area (Å²) in [6.07, 6.45) is 0.674. The van der Waals surface area contributed by atoms with Gasteiger partial charge in [0.25, 0.3) is 0 Å². The average Bonchev–Trinajstić information content (AvgIpc) is 2.58. The van der Waals surface area contributed by atoms with Gasteiger partial charge >= 0.3 is 0 Å². The van der Waals surface area contributed by atoms with Crippen molar-refractivity contribution < 1.29 is 13.6 Å². The Balaban J connectivity index is 2.14. The molecule has 1 aliphatic rings. The third kappa shape index (κ3) is 2.61. The van der Waals surface area contributed by atoms with Crippen LogP contribution < -0.4 is 5.73 Å². The summed E-state index contributed by atoms with van der Waals surface area (Å²) < 4.78 is 26.3. The molecule has 1 amide bonds. The molecule has 1 fully saturated rings. The van der Waals surface area contributed by atoms with Crippen LogP contribution in [0.3, 0.4) is 0 Å². The van der Waals surface area contributed by atoms with Crippen molar-refractivity contribution >= 4 is 5.91 Å². The van der Waals surface area contributed by atoms with Crippen LogP contribution in [0.5, 0.6) is 0 Å². The van der Waals surface area contributed by atoms with Gasteiger partial charge in [-0.15, -0.1) is 0 Å². The second-order valence-corrected chi connectivity index (χ2v) is 5.51. The van der Waals surface area contributed by atoms with E-state index < -0.39 is 17.2 Å². The molecule has 1 aromatic rings. The van der Waals surface area contributed by atoms with Gasteiger partial charge in [0.05, 0.1) is 12.0 Å². The van der Waals surface area contributed by atoms with E-state index in [2.05, 4.69) is 0 Å². The summed E-state index contributed by atoms with van der Waals surface area (Å²) in [5.74, 6) is -1.50. The number of hydrogen-bond donors (Lipinski definition) is 1. The quantitative estimate of drug-likeness (QED) is 0.889. The predicted molar refractivity (Wildman–Crippen MR) is 68.4 cm³/mol. The summed E-state index contributed by atoms with van der Waals surface area (Å²) in [4.78, 5) is 13.9. The lowest BCUT2D eigenvalue weighted by molar-refractivity contribution is -0.133. The minimum atomic E-state index is -0.686. The zero-order valence-electron chi connectivity index (χ0n) is 11.1. The molecule has 5 heteroatoms. The lowest BCUT2D eigenvalue weighted by atomic mass is 9.96. The molecular formula is C14H18F2N2O. The third-order valence-corrected chi connectivity index (χ3v) is 3.92. The lowest BCUT2D eigenvalue weighted by Crippen LogP contribution is -2.51. The van der Waals surface area contributed by atoms with Crippen LogP contribution in [-0.4, -0.2) is 28.9 Å². The van der Waals surface area contributed by atoms with Crippen molar-refractivity contribution in [1.29, 1.82) is 0 Å². The lowest BCUT2D eigenvalue weighted by Gasteiger charge is -2.34. The Morgan fingerprint density at radius 3 is 2.68 bits per heavy atom. The second-order valence-electron chi connectivity index (χ2n) is 5.51. The highest BCUT2D eigenvalue weighted by molar-refractivity contribution is 5.80. The van der Waals surface area contributed by atoms with Crippen LogP contribution in [0.2, 0.25) is 0 Å². The Labute approximate surface area is 111 Å². The molecule has 1 atom stereocenters. The van der Waals surface area contributed by atoms with Gasteiger partial charge in [0, 0.05) is 18.7 Å². The van der Waals surface area contributed by atoms with Gasteiger partial charge < -0.3 is 10.6 Å². The predicted octanol–water partition coefficient (Wildman–Crippen LogP) is 1.85. The molecule has 1 aliphatic heterocycles. The minimum absolute atomic E-state index is 0.0672. The van der Waals surface area contributed by atoms with Crippen molar-refractivity contribution in [2.75, 3.05) is 6.54 Å². The molecular weight excluding hydrogens is 250 g/mol. The van der Waals surface area contributed by atoms with Crippen LogP contribution in [0.4, 0.5) is 8.78 Å². The van der Waals surface area contributed by atoms with Gasteiger partial charge in [-0.3, -0.25) is 4.79 Å². The molecule has 1 unspecified atom stereocenters. The van der Waals surface area contributed by atoms with Crippen molar-refractivity contribution in [3.05, 3.63) is 35.4 Å². The fourth-order valence-corrected chi connectivity index (χ4v) is 2.48. The van der Waals surface area contributed by atoms with Crippen molar-refractivity contribution in [2.24, 2.45) is 5.73 Å². The molecule has 0 saturated carbocycles. The van der Waals surface area contributed by atoms with Crippen molar-refractivity contribution in [1.82, 2.24) is 4.90 Å². The van der Waals surface area contributed by atoms with E-state index in [-0.39, 0.29) is 23.9 Å². The van der Waals surface area contributed by atoms with E-state index in [1.54, 1.807) is 4.90 Å². The van der Waals surface area contributed by atoms with E-state index in [4.69, 9.17) is 5.73 Å². The van der Waals surface area contributed by atoms with E-state index in [0.717, 1.165) is 18.6 Å². The zero-order chi connectivity index (χ0) is 14.2. The van der Waals surface area contributed by atoms with Gasteiger partial charge in [-0.05, 0) is 31.9 Å². The van der Waals surface area contributed by atoms with Crippen molar-refractivity contribution in [3.63, 3.8) is 0 Å². The van der Waals surface area contributed by atoms with Crippen LogP contribution in [-0.2, 0) is 11.2 Å². The SMILES string of the molecule is CC1(C)C(N)CCN1C(=O)Cc1ccc(F)cc1F. The highest BCUT2D eigenvalue weighted by atomic mass is 19.1. The first kappa shape index (κ1) is 13.9. The highest BCUT2D eigenvalue weighted by Crippen LogP contribution is 2.28. The van der Waals surface area contributed by atoms with Crippen LogP contribution in [0.15, 0.2) is 18.2 Å². The monoisotopic (exact) mass is 268 g/mol. The summed E-state index contributed by atoms with van der Waals surface area (Å²) in [7, 11) is 0. The molecule has 104 valence electrons. The number of carbonyl (C=O) groups is 1. The normalized spacial score (nSPS) is 21.7. The van der Waals surface area contributed by atoms with Gasteiger partial charge in [0.1, 0.15) is 11.6 Å². The highest BCUT2D eigenvalue weighted by Gasteiger charge is 2.41. The summed E-state index contributed by atoms with van der Waals surface area (Å²) in [6, 6.07) is 3.19. The Kier molecular flexibility index (Phi) is 3.58. The molecule has 2 rings (SSSR count). The Morgan fingerprint density at radius 1 is 1.47 bits per heavy atom. The summed E-state index contributed by atoms with van der Waals surface area (Å²) >= 11 is 0. The van der Waals surface area contributed by atoms with Gasteiger partial charge in [0.15, 0.2) is 0 Å². The zero-order valence-corrected chi connectivity index (χ0v) is 11.1. The summed E-state index contributed by atoms with van der Waals surface area (Å²) in [6.45, 7) is 4.39. The smallest absolute Gasteiger partial charge is 0.227 e. The van der Waals surface area contributed by atoms with Crippen molar-refractivity contribution in [3.8, 4) is 0 Å². The maximum Gasteiger partial charge on any atom is 0.227 e. The third-order valence-electron chi connectivity index (χ3n) is 3.92. The van der Waals surface area contributed by atoms with E-state index in [0.29, 0.717) is 6.54 Å². The first-order chi connectivity index (χ1) is 8.82. The number of rotatable bonds is 2. The fourth-order valence-electron chi connectivity index (χ4n) is 2.48. The summed E-state index contributed by atoms with van der Waals surface area (Å²) in [5, 5.41) is 0. The molecule has 2 N–H and O–H groups in total. The Bertz CT molecular complexity index is 502. The van der Waals surface area contributed by atoms with Gasteiger partial charge in [0.2, 0.25) is 5.91 Å². The molecule has 19 heavy (non-hydrogen) atoms. The Hall–Kier alpha value is -1.49. The molecule has 1 aromatic carbocycles. The fraction of sp³-hybridized carbons (Fsp3) is 0.500.